The second kappa shape index (κ2) is 9.17. The molecule has 3 N–H and O–H groups in total. The lowest BCUT2D eigenvalue weighted by Crippen LogP contribution is -2.62. The van der Waals surface area contributed by atoms with E-state index in [2.05, 4.69) is 25.7 Å². The number of aromatic nitrogens is 4. The van der Waals surface area contributed by atoms with Gasteiger partial charge in [-0.05, 0) is 38.0 Å². The van der Waals surface area contributed by atoms with Gasteiger partial charge in [0.25, 0.3) is 0 Å². The molecule has 5 heterocycles. The maximum atomic E-state index is 13.4. The Morgan fingerprint density at radius 3 is 2.61 bits per heavy atom. The average molecular weight is 531 g/mol. The number of carbonyl (C=O) groups excluding carboxylic acids is 1. The first kappa shape index (κ1) is 25.0. The lowest BCUT2D eigenvalue weighted by molar-refractivity contribution is -0.153. The number of anilines is 1. The molecule has 3 aromatic rings. The molecule has 1 atom stereocenters. The summed E-state index contributed by atoms with van der Waals surface area (Å²) < 4.78 is 41.3. The summed E-state index contributed by atoms with van der Waals surface area (Å²) in [6.45, 7) is 4.84. The van der Waals surface area contributed by atoms with Crippen LogP contribution in [0.4, 0.5) is 19.0 Å². The largest absolute Gasteiger partial charge is 0.417 e. The fourth-order valence-electron chi connectivity index (χ4n) is 5.82. The van der Waals surface area contributed by atoms with E-state index >= 15 is 0 Å². The summed E-state index contributed by atoms with van der Waals surface area (Å²) in [5.41, 5.74) is 5.48. The fraction of sp³-hybridized carbons (Fsp3) is 0.520. The highest BCUT2D eigenvalue weighted by molar-refractivity contribution is 5.81. The van der Waals surface area contributed by atoms with Crippen molar-refractivity contribution in [1.29, 1.82) is 0 Å². The van der Waals surface area contributed by atoms with Gasteiger partial charge in [-0.2, -0.15) is 13.2 Å². The Hall–Kier alpha value is -3.29. The maximum Gasteiger partial charge on any atom is 0.417 e. The Bertz CT molecular complexity index is 1350. The Labute approximate surface area is 216 Å². The minimum atomic E-state index is -4.48. The van der Waals surface area contributed by atoms with Crippen molar-refractivity contribution in [3.8, 4) is 11.5 Å². The molecule has 2 saturated heterocycles. The van der Waals surface area contributed by atoms with Gasteiger partial charge in [-0.25, -0.2) is 15.0 Å². The molecular weight excluding hydrogens is 501 g/mol. The molecule has 1 amide bonds. The summed E-state index contributed by atoms with van der Waals surface area (Å²) in [6, 6.07) is 4.04. The molecule has 1 unspecified atom stereocenters. The normalized spacial score (nSPS) is 26.7. The Balaban J connectivity index is 1.26. The summed E-state index contributed by atoms with van der Waals surface area (Å²) in [6.07, 6.45) is 0.536. The smallest absolute Gasteiger partial charge is 0.390 e. The molecule has 2 aliphatic heterocycles. The maximum absolute atomic E-state index is 13.4. The van der Waals surface area contributed by atoms with Crippen LogP contribution >= 0.6 is 0 Å². The van der Waals surface area contributed by atoms with E-state index in [1.807, 2.05) is 4.90 Å². The zero-order valence-electron chi connectivity index (χ0n) is 20.8. The summed E-state index contributed by atoms with van der Waals surface area (Å²) in [7, 11) is 0. The third-order valence-corrected chi connectivity index (χ3v) is 7.85. The van der Waals surface area contributed by atoms with Gasteiger partial charge >= 0.3 is 6.18 Å². The van der Waals surface area contributed by atoms with E-state index in [1.54, 1.807) is 19.2 Å². The summed E-state index contributed by atoms with van der Waals surface area (Å²) in [5, 5.41) is 10.1. The number of pyridine rings is 1. The molecule has 3 aliphatic rings. The molecule has 0 bridgehead atoms. The van der Waals surface area contributed by atoms with E-state index < -0.39 is 17.3 Å². The number of imidazole rings is 1. The van der Waals surface area contributed by atoms with Crippen molar-refractivity contribution in [3.63, 3.8) is 0 Å². The quantitative estimate of drug-likeness (QED) is 0.468. The number of fused-ring (bicyclic) bond motifs is 1. The molecular formula is C25H29F3N8O2. The lowest BCUT2D eigenvalue weighted by atomic mass is 9.71. The van der Waals surface area contributed by atoms with Crippen LogP contribution in [-0.2, 0) is 11.0 Å². The molecule has 6 rings (SSSR count). The molecule has 0 aromatic carbocycles. The van der Waals surface area contributed by atoms with Gasteiger partial charge in [0.2, 0.25) is 5.91 Å². The minimum Gasteiger partial charge on any atom is -0.390 e. The molecule has 13 heteroatoms. The number of nitrogens with one attached hydrogen (secondary N) is 2. The van der Waals surface area contributed by atoms with Gasteiger partial charge in [-0.15, -0.1) is 0 Å². The molecule has 0 spiro atoms. The number of aliphatic hydroxyl groups is 1. The van der Waals surface area contributed by atoms with Gasteiger partial charge < -0.3 is 14.9 Å². The Morgan fingerprint density at radius 1 is 1.13 bits per heavy atom. The predicted octanol–water partition coefficient (Wildman–Crippen LogP) is 1.71. The molecule has 1 aliphatic carbocycles. The van der Waals surface area contributed by atoms with Crippen LogP contribution < -0.4 is 15.8 Å². The molecule has 10 nitrogen and oxygen atoms in total. The van der Waals surface area contributed by atoms with Gasteiger partial charge in [-0.1, -0.05) is 0 Å². The monoisotopic (exact) mass is 530 g/mol. The van der Waals surface area contributed by atoms with Crippen LogP contribution in [0.2, 0.25) is 0 Å². The highest BCUT2D eigenvalue weighted by Crippen LogP contribution is 2.39. The van der Waals surface area contributed by atoms with Crippen molar-refractivity contribution >= 4 is 17.4 Å². The second-order valence-electron chi connectivity index (χ2n) is 10.7. The number of amides is 1. The highest BCUT2D eigenvalue weighted by atomic mass is 19.4. The first-order chi connectivity index (χ1) is 18.1. The summed E-state index contributed by atoms with van der Waals surface area (Å²) in [5.74, 6) is 1.03. The van der Waals surface area contributed by atoms with Gasteiger partial charge in [0, 0.05) is 57.0 Å². The average Bonchev–Trinajstić information content (AvgIpc) is 3.56. The van der Waals surface area contributed by atoms with E-state index in [9.17, 15) is 23.1 Å². The van der Waals surface area contributed by atoms with E-state index in [0.717, 1.165) is 25.4 Å². The summed E-state index contributed by atoms with van der Waals surface area (Å²) >= 11 is 0. The molecule has 38 heavy (non-hydrogen) atoms. The van der Waals surface area contributed by atoms with Crippen molar-refractivity contribution in [2.24, 2.45) is 11.8 Å². The number of halogens is 3. The number of hydrogen-bond acceptors (Lipinski definition) is 8. The highest BCUT2D eigenvalue weighted by Gasteiger charge is 2.47. The first-order valence-electron chi connectivity index (χ1n) is 12.7. The van der Waals surface area contributed by atoms with E-state index in [-0.39, 0.29) is 29.6 Å². The van der Waals surface area contributed by atoms with Gasteiger partial charge in [0.05, 0.1) is 23.4 Å². The zero-order chi connectivity index (χ0) is 26.7. The molecule has 3 fully saturated rings. The predicted molar refractivity (Wildman–Crippen MR) is 132 cm³/mol. The Morgan fingerprint density at radius 2 is 1.89 bits per heavy atom. The van der Waals surface area contributed by atoms with Crippen LogP contribution in [0.5, 0.6) is 0 Å². The molecule has 3 aromatic heterocycles. The van der Waals surface area contributed by atoms with Gasteiger partial charge in [-0.3, -0.25) is 20.0 Å². The van der Waals surface area contributed by atoms with Crippen LogP contribution in [-0.4, -0.2) is 79.6 Å². The first-order valence-corrected chi connectivity index (χ1v) is 12.7. The third kappa shape index (κ3) is 4.58. The number of hydrogen-bond donors (Lipinski definition) is 3. The van der Waals surface area contributed by atoms with Crippen LogP contribution in [0.25, 0.3) is 17.2 Å². The number of hydrazine groups is 1. The second-order valence-corrected chi connectivity index (χ2v) is 10.7. The number of alkyl halides is 3. The SMILES string of the molecule is CC1(O)CC(C(=O)N2CCN(c3ccnc(-c4cnc5ccc(C(F)(F)F)cn45)n3)CC2C2CNNC2)C1. The number of nitrogens with zero attached hydrogens (tertiary/aromatic N) is 6. The fourth-order valence-corrected chi connectivity index (χ4v) is 5.82. The van der Waals surface area contributed by atoms with E-state index in [1.165, 1.54) is 16.7 Å². The molecule has 0 radical (unpaired) electrons. The van der Waals surface area contributed by atoms with Gasteiger partial charge in [0.1, 0.15) is 17.2 Å². The summed E-state index contributed by atoms with van der Waals surface area (Å²) in [4.78, 5) is 30.7. The van der Waals surface area contributed by atoms with Crippen LogP contribution in [0.3, 0.4) is 0 Å². The van der Waals surface area contributed by atoms with E-state index in [4.69, 9.17) is 4.98 Å². The molecule has 1 saturated carbocycles. The number of piperazine rings is 1. The van der Waals surface area contributed by atoms with Crippen molar-refractivity contribution < 1.29 is 23.1 Å². The van der Waals surface area contributed by atoms with Crippen molar-refractivity contribution in [2.45, 2.75) is 37.6 Å². The molecule has 202 valence electrons. The van der Waals surface area contributed by atoms with Gasteiger partial charge in [0.15, 0.2) is 5.82 Å². The number of rotatable bonds is 4. The zero-order valence-corrected chi connectivity index (χ0v) is 20.8. The van der Waals surface area contributed by atoms with Crippen molar-refractivity contribution in [2.75, 3.05) is 37.6 Å². The van der Waals surface area contributed by atoms with Crippen LogP contribution in [0.1, 0.15) is 25.3 Å². The standard InChI is InChI=1S/C25H29F3N8O2/c1-24(38)8-15(9-24)23(37)35-7-6-34(14-19(35)16-10-31-32-11-16)21-4-5-29-22(33-21)18-12-30-20-3-2-17(13-36(18)20)25(26,27)28/h2-5,12-13,15-16,19,31-32,38H,6-11,14H2,1H3. The van der Waals surface area contributed by atoms with Crippen molar-refractivity contribution in [1.82, 2.24) is 35.1 Å². The minimum absolute atomic E-state index is 0.0622. The number of carbonyl (C=O) groups is 1. The van der Waals surface area contributed by atoms with Crippen LogP contribution in [0.15, 0.2) is 36.8 Å². The topological polar surface area (TPSA) is 111 Å². The third-order valence-electron chi connectivity index (χ3n) is 7.85. The van der Waals surface area contributed by atoms with E-state index in [0.29, 0.717) is 49.6 Å². The van der Waals surface area contributed by atoms with Crippen LogP contribution in [0, 0.1) is 11.8 Å². The Kier molecular flexibility index (Phi) is 6.04. The lowest BCUT2D eigenvalue weighted by Gasteiger charge is -2.48. The van der Waals surface area contributed by atoms with Crippen molar-refractivity contribution in [3.05, 3.63) is 42.4 Å².